The standard InChI is InChI=1S/C17H29N3/c1-11(2)19-13-8-17(6,7)9-14-12(13)10-18-15(20-14)16(3,4)5/h10-11,13,19H,8-9H2,1-7H3/t13-/m0/s1. The molecule has 1 aromatic heterocycles. The predicted molar refractivity (Wildman–Crippen MR) is 83.8 cm³/mol. The van der Waals surface area contributed by atoms with Gasteiger partial charge in [0.05, 0.1) is 0 Å². The number of fused-ring (bicyclic) bond motifs is 1. The molecular weight excluding hydrogens is 246 g/mol. The van der Waals surface area contributed by atoms with Gasteiger partial charge in [0.2, 0.25) is 0 Å². The fourth-order valence-electron chi connectivity index (χ4n) is 2.96. The molecule has 0 amide bonds. The molecule has 0 radical (unpaired) electrons. The lowest BCUT2D eigenvalue weighted by Crippen LogP contribution is -2.37. The molecule has 1 aliphatic rings. The van der Waals surface area contributed by atoms with Gasteiger partial charge in [-0.05, 0) is 18.3 Å². The van der Waals surface area contributed by atoms with Crippen molar-refractivity contribution in [3.63, 3.8) is 0 Å². The van der Waals surface area contributed by atoms with E-state index in [4.69, 9.17) is 4.98 Å². The topological polar surface area (TPSA) is 37.8 Å². The molecule has 3 heteroatoms. The first-order valence-electron chi connectivity index (χ1n) is 7.71. The zero-order valence-corrected chi connectivity index (χ0v) is 14.0. The first-order valence-corrected chi connectivity index (χ1v) is 7.71. The van der Waals surface area contributed by atoms with Crippen LogP contribution in [0.1, 0.15) is 78.0 Å². The van der Waals surface area contributed by atoms with Crippen LogP contribution in [-0.2, 0) is 11.8 Å². The van der Waals surface area contributed by atoms with Crippen molar-refractivity contribution in [2.45, 2.75) is 78.8 Å². The van der Waals surface area contributed by atoms with Crippen LogP contribution in [0.2, 0.25) is 0 Å². The van der Waals surface area contributed by atoms with Crippen LogP contribution in [0.5, 0.6) is 0 Å². The smallest absolute Gasteiger partial charge is 0.133 e. The maximum Gasteiger partial charge on any atom is 0.133 e. The second-order valence-corrected chi connectivity index (χ2v) is 8.26. The summed E-state index contributed by atoms with van der Waals surface area (Å²) in [6, 6.07) is 0.854. The molecule has 0 unspecified atom stereocenters. The Morgan fingerprint density at radius 2 is 1.95 bits per heavy atom. The number of rotatable bonds is 2. The molecule has 0 saturated heterocycles. The SMILES string of the molecule is CC(C)N[C@H]1CC(C)(C)Cc2nc(C(C)(C)C)ncc21. The molecule has 1 N–H and O–H groups in total. The van der Waals surface area contributed by atoms with Crippen LogP contribution in [-0.4, -0.2) is 16.0 Å². The molecule has 20 heavy (non-hydrogen) atoms. The van der Waals surface area contributed by atoms with E-state index in [0.29, 0.717) is 17.5 Å². The van der Waals surface area contributed by atoms with Gasteiger partial charge in [-0.2, -0.15) is 0 Å². The van der Waals surface area contributed by atoms with Crippen molar-refractivity contribution in [2.24, 2.45) is 5.41 Å². The molecule has 0 aliphatic heterocycles. The van der Waals surface area contributed by atoms with E-state index in [0.717, 1.165) is 18.7 Å². The Bertz CT molecular complexity index is 483. The van der Waals surface area contributed by atoms with Gasteiger partial charge in [0, 0.05) is 35.0 Å². The van der Waals surface area contributed by atoms with Gasteiger partial charge in [0.1, 0.15) is 5.82 Å². The summed E-state index contributed by atoms with van der Waals surface area (Å²) < 4.78 is 0. The summed E-state index contributed by atoms with van der Waals surface area (Å²) in [6.07, 6.45) is 4.25. The third-order valence-corrected chi connectivity index (χ3v) is 3.88. The highest BCUT2D eigenvalue weighted by molar-refractivity contribution is 5.28. The van der Waals surface area contributed by atoms with Crippen LogP contribution in [0.25, 0.3) is 0 Å². The summed E-state index contributed by atoms with van der Waals surface area (Å²) in [7, 11) is 0. The third kappa shape index (κ3) is 3.38. The highest BCUT2D eigenvalue weighted by atomic mass is 15.0. The summed E-state index contributed by atoms with van der Waals surface area (Å²) in [4.78, 5) is 9.50. The first kappa shape index (κ1) is 15.4. The highest BCUT2D eigenvalue weighted by Crippen LogP contribution is 2.40. The summed E-state index contributed by atoms with van der Waals surface area (Å²) >= 11 is 0. The molecule has 2 rings (SSSR count). The Kier molecular flexibility index (Phi) is 3.94. The van der Waals surface area contributed by atoms with Gasteiger partial charge in [-0.3, -0.25) is 0 Å². The molecule has 0 spiro atoms. The Morgan fingerprint density at radius 3 is 2.50 bits per heavy atom. The molecular formula is C17H29N3. The van der Waals surface area contributed by atoms with Crippen molar-refractivity contribution in [2.75, 3.05) is 0 Å². The van der Waals surface area contributed by atoms with E-state index in [9.17, 15) is 0 Å². The zero-order chi connectivity index (χ0) is 15.1. The van der Waals surface area contributed by atoms with Crippen molar-refractivity contribution in [3.8, 4) is 0 Å². The summed E-state index contributed by atoms with van der Waals surface area (Å²) in [5.41, 5.74) is 2.84. The quantitative estimate of drug-likeness (QED) is 0.892. The summed E-state index contributed by atoms with van der Waals surface area (Å²) in [5, 5.41) is 3.67. The van der Waals surface area contributed by atoms with Gasteiger partial charge in [-0.25, -0.2) is 9.97 Å². The average Bonchev–Trinajstić information content (AvgIpc) is 2.24. The monoisotopic (exact) mass is 275 g/mol. The Hall–Kier alpha value is -0.960. The van der Waals surface area contributed by atoms with Gasteiger partial charge in [-0.1, -0.05) is 48.5 Å². The van der Waals surface area contributed by atoms with E-state index >= 15 is 0 Å². The lowest BCUT2D eigenvalue weighted by molar-refractivity contribution is 0.244. The van der Waals surface area contributed by atoms with Crippen molar-refractivity contribution in [1.82, 2.24) is 15.3 Å². The normalized spacial score (nSPS) is 21.9. The second-order valence-electron chi connectivity index (χ2n) is 8.26. The molecule has 1 atom stereocenters. The van der Waals surface area contributed by atoms with E-state index < -0.39 is 0 Å². The predicted octanol–water partition coefficient (Wildman–Crippen LogP) is 3.79. The maximum atomic E-state index is 4.89. The molecule has 0 fully saturated rings. The summed E-state index contributed by atoms with van der Waals surface area (Å²) in [5.74, 6) is 0.956. The number of nitrogens with one attached hydrogen (secondary N) is 1. The third-order valence-electron chi connectivity index (χ3n) is 3.88. The molecule has 112 valence electrons. The highest BCUT2D eigenvalue weighted by Gasteiger charge is 2.34. The first-order chi connectivity index (χ1) is 9.08. The van der Waals surface area contributed by atoms with Gasteiger partial charge < -0.3 is 5.32 Å². The summed E-state index contributed by atoms with van der Waals surface area (Å²) in [6.45, 7) is 15.6. The van der Waals surface area contributed by atoms with Gasteiger partial charge in [-0.15, -0.1) is 0 Å². The lowest BCUT2D eigenvalue weighted by atomic mass is 9.74. The average molecular weight is 275 g/mol. The number of hydrogen-bond acceptors (Lipinski definition) is 3. The second kappa shape index (κ2) is 5.10. The Labute approximate surface area is 123 Å². The van der Waals surface area contributed by atoms with Crippen LogP contribution in [0.3, 0.4) is 0 Å². The minimum absolute atomic E-state index is 0.0115. The van der Waals surface area contributed by atoms with Crippen LogP contribution in [0, 0.1) is 5.41 Å². The van der Waals surface area contributed by atoms with Crippen LogP contribution >= 0.6 is 0 Å². The molecule has 3 nitrogen and oxygen atoms in total. The number of hydrogen-bond donors (Lipinski definition) is 1. The Balaban J connectivity index is 2.42. The molecule has 0 aromatic carbocycles. The Morgan fingerprint density at radius 1 is 1.30 bits per heavy atom. The number of nitrogens with zero attached hydrogens (tertiary/aromatic N) is 2. The largest absolute Gasteiger partial charge is 0.308 e. The maximum absolute atomic E-state index is 4.89. The van der Waals surface area contributed by atoms with Crippen LogP contribution < -0.4 is 5.32 Å². The minimum Gasteiger partial charge on any atom is -0.308 e. The van der Waals surface area contributed by atoms with Crippen LogP contribution in [0.4, 0.5) is 0 Å². The molecule has 1 heterocycles. The lowest BCUT2D eigenvalue weighted by Gasteiger charge is -2.38. The number of aromatic nitrogens is 2. The van der Waals surface area contributed by atoms with E-state index in [-0.39, 0.29) is 5.41 Å². The van der Waals surface area contributed by atoms with E-state index in [1.165, 1.54) is 11.3 Å². The van der Waals surface area contributed by atoms with Crippen molar-refractivity contribution < 1.29 is 0 Å². The van der Waals surface area contributed by atoms with E-state index in [2.05, 4.69) is 65.0 Å². The van der Waals surface area contributed by atoms with Crippen LogP contribution in [0.15, 0.2) is 6.20 Å². The van der Waals surface area contributed by atoms with Crippen molar-refractivity contribution >= 4 is 0 Å². The fraction of sp³-hybridized carbons (Fsp3) is 0.765. The fourth-order valence-corrected chi connectivity index (χ4v) is 2.96. The van der Waals surface area contributed by atoms with E-state index in [1.807, 2.05) is 0 Å². The molecule has 1 aliphatic carbocycles. The molecule has 0 saturated carbocycles. The molecule has 0 bridgehead atoms. The van der Waals surface area contributed by atoms with E-state index in [1.54, 1.807) is 0 Å². The van der Waals surface area contributed by atoms with Crippen molar-refractivity contribution in [1.29, 1.82) is 0 Å². The van der Waals surface area contributed by atoms with Gasteiger partial charge in [0.15, 0.2) is 0 Å². The van der Waals surface area contributed by atoms with Crippen molar-refractivity contribution in [3.05, 3.63) is 23.3 Å². The zero-order valence-electron chi connectivity index (χ0n) is 14.0. The van der Waals surface area contributed by atoms with Gasteiger partial charge >= 0.3 is 0 Å². The van der Waals surface area contributed by atoms with Gasteiger partial charge in [0.25, 0.3) is 0 Å². The molecule has 1 aromatic rings. The minimum atomic E-state index is 0.0115.